The Labute approximate surface area is 127 Å². The Bertz CT molecular complexity index is 673. The Balaban J connectivity index is 2.19. The summed E-state index contributed by atoms with van der Waals surface area (Å²) in [5.74, 6) is 0.296. The third-order valence-electron chi connectivity index (χ3n) is 2.90. The molecule has 0 aliphatic heterocycles. The van der Waals surface area contributed by atoms with Crippen LogP contribution < -0.4 is 15.4 Å². The molecule has 0 unspecified atom stereocenters. The zero-order chi connectivity index (χ0) is 15.9. The number of likely N-dealkylation sites (N-methyl/N-ethyl adjacent to an activating group) is 1. The standard InChI is InChI=1S/C16H16N2O4/c1-17-16(20)14(10-13-4-3-9-22-13)18-15(19)11-5-7-12(21-2)8-6-11/h3-10H,1-2H3,(H,17,20)(H,18,19)/b14-10-. The lowest BCUT2D eigenvalue weighted by Gasteiger charge is -2.09. The van der Waals surface area contributed by atoms with Crippen LogP contribution in [0.1, 0.15) is 16.1 Å². The highest BCUT2D eigenvalue weighted by Gasteiger charge is 2.14. The Morgan fingerprint density at radius 1 is 1.18 bits per heavy atom. The van der Waals surface area contributed by atoms with Gasteiger partial charge in [-0.3, -0.25) is 9.59 Å². The lowest BCUT2D eigenvalue weighted by atomic mass is 10.2. The Morgan fingerprint density at radius 2 is 1.91 bits per heavy atom. The second-order valence-electron chi connectivity index (χ2n) is 4.34. The van der Waals surface area contributed by atoms with E-state index in [4.69, 9.17) is 9.15 Å². The number of ether oxygens (including phenoxy) is 1. The van der Waals surface area contributed by atoms with E-state index >= 15 is 0 Å². The van der Waals surface area contributed by atoms with Crippen molar-refractivity contribution in [1.29, 1.82) is 0 Å². The van der Waals surface area contributed by atoms with Crippen molar-refractivity contribution in [2.24, 2.45) is 0 Å². The quantitative estimate of drug-likeness (QED) is 0.825. The minimum atomic E-state index is -0.418. The summed E-state index contributed by atoms with van der Waals surface area (Å²) >= 11 is 0. The second kappa shape index (κ2) is 7.12. The summed E-state index contributed by atoms with van der Waals surface area (Å²) in [4.78, 5) is 24.0. The molecule has 2 aromatic rings. The maximum atomic E-state index is 12.2. The van der Waals surface area contributed by atoms with Crippen LogP contribution in [-0.2, 0) is 4.79 Å². The van der Waals surface area contributed by atoms with Crippen LogP contribution in [0.25, 0.3) is 6.08 Å². The number of hydrogen-bond acceptors (Lipinski definition) is 4. The molecule has 0 spiro atoms. The van der Waals surface area contributed by atoms with Crippen LogP contribution >= 0.6 is 0 Å². The van der Waals surface area contributed by atoms with Crippen molar-refractivity contribution < 1.29 is 18.7 Å². The van der Waals surface area contributed by atoms with E-state index in [0.29, 0.717) is 17.1 Å². The molecule has 22 heavy (non-hydrogen) atoms. The van der Waals surface area contributed by atoms with Gasteiger partial charge in [0, 0.05) is 18.7 Å². The molecule has 0 radical (unpaired) electrons. The van der Waals surface area contributed by atoms with E-state index in [9.17, 15) is 9.59 Å². The fraction of sp³-hybridized carbons (Fsp3) is 0.125. The minimum absolute atomic E-state index is 0.0956. The third kappa shape index (κ3) is 3.76. The molecular weight excluding hydrogens is 284 g/mol. The van der Waals surface area contributed by atoms with Gasteiger partial charge in [0.05, 0.1) is 13.4 Å². The van der Waals surface area contributed by atoms with Crippen molar-refractivity contribution in [3.63, 3.8) is 0 Å². The molecule has 1 aromatic carbocycles. The third-order valence-corrected chi connectivity index (χ3v) is 2.90. The lowest BCUT2D eigenvalue weighted by Crippen LogP contribution is -2.33. The molecule has 1 aromatic heterocycles. The smallest absolute Gasteiger partial charge is 0.267 e. The highest BCUT2D eigenvalue weighted by atomic mass is 16.5. The largest absolute Gasteiger partial charge is 0.497 e. The Kier molecular flexibility index (Phi) is 4.98. The summed E-state index contributed by atoms with van der Waals surface area (Å²) in [5.41, 5.74) is 0.508. The highest BCUT2D eigenvalue weighted by molar-refractivity contribution is 6.05. The average Bonchev–Trinajstić information content (AvgIpc) is 3.06. The molecule has 2 N–H and O–H groups in total. The number of furan rings is 1. The van der Waals surface area contributed by atoms with Crippen LogP contribution in [0.4, 0.5) is 0 Å². The minimum Gasteiger partial charge on any atom is -0.497 e. The van der Waals surface area contributed by atoms with Crippen molar-refractivity contribution in [2.45, 2.75) is 0 Å². The van der Waals surface area contributed by atoms with Crippen molar-refractivity contribution in [3.05, 3.63) is 59.7 Å². The summed E-state index contributed by atoms with van der Waals surface area (Å²) in [6.45, 7) is 0. The number of amides is 2. The van der Waals surface area contributed by atoms with E-state index < -0.39 is 11.8 Å². The Hall–Kier alpha value is -3.02. The zero-order valence-corrected chi connectivity index (χ0v) is 12.3. The molecule has 1 heterocycles. The summed E-state index contributed by atoms with van der Waals surface area (Å²) in [7, 11) is 3.03. The summed E-state index contributed by atoms with van der Waals surface area (Å²) in [5, 5.41) is 5.04. The molecule has 2 amide bonds. The number of benzene rings is 1. The first-order chi connectivity index (χ1) is 10.6. The van der Waals surface area contributed by atoms with Crippen LogP contribution in [0.5, 0.6) is 5.75 Å². The maximum absolute atomic E-state index is 12.2. The molecule has 0 aliphatic carbocycles. The number of carbonyl (C=O) groups excluding carboxylic acids is 2. The van der Waals surface area contributed by atoms with Gasteiger partial charge < -0.3 is 19.8 Å². The summed E-state index contributed by atoms with van der Waals surface area (Å²) in [6, 6.07) is 9.95. The molecule has 0 aliphatic rings. The van der Waals surface area contributed by atoms with E-state index in [1.807, 2.05) is 0 Å². The van der Waals surface area contributed by atoms with Crippen LogP contribution in [0.3, 0.4) is 0 Å². The number of nitrogens with one attached hydrogen (secondary N) is 2. The molecule has 0 fully saturated rings. The summed E-state index contributed by atoms with van der Waals surface area (Å²) < 4.78 is 10.2. The molecule has 2 rings (SSSR count). The predicted octanol–water partition coefficient (Wildman–Crippen LogP) is 1.81. The van der Waals surface area contributed by atoms with Crippen LogP contribution in [0.2, 0.25) is 0 Å². The van der Waals surface area contributed by atoms with Gasteiger partial charge >= 0.3 is 0 Å². The van der Waals surface area contributed by atoms with Gasteiger partial charge in [-0.1, -0.05) is 0 Å². The number of hydrogen-bond donors (Lipinski definition) is 2. The first kappa shape index (κ1) is 15.4. The second-order valence-corrected chi connectivity index (χ2v) is 4.34. The van der Waals surface area contributed by atoms with Gasteiger partial charge in [0.1, 0.15) is 17.2 Å². The summed E-state index contributed by atoms with van der Waals surface area (Å²) in [6.07, 6.45) is 2.94. The molecule has 114 valence electrons. The average molecular weight is 300 g/mol. The topological polar surface area (TPSA) is 80.6 Å². The highest BCUT2D eigenvalue weighted by Crippen LogP contribution is 2.12. The zero-order valence-electron chi connectivity index (χ0n) is 12.3. The van der Waals surface area contributed by atoms with Crippen molar-refractivity contribution in [3.8, 4) is 5.75 Å². The number of methoxy groups -OCH3 is 1. The normalized spacial score (nSPS) is 10.9. The Morgan fingerprint density at radius 3 is 2.45 bits per heavy atom. The first-order valence-electron chi connectivity index (χ1n) is 6.56. The van der Waals surface area contributed by atoms with Crippen molar-refractivity contribution in [2.75, 3.05) is 14.2 Å². The van der Waals surface area contributed by atoms with E-state index in [1.165, 1.54) is 19.4 Å². The predicted molar refractivity (Wildman–Crippen MR) is 81.2 cm³/mol. The van der Waals surface area contributed by atoms with Crippen LogP contribution in [0.15, 0.2) is 52.8 Å². The van der Waals surface area contributed by atoms with Gasteiger partial charge in [-0.2, -0.15) is 0 Å². The number of carbonyl (C=O) groups is 2. The molecular formula is C16H16N2O4. The lowest BCUT2D eigenvalue weighted by molar-refractivity contribution is -0.117. The van der Waals surface area contributed by atoms with Crippen LogP contribution in [-0.4, -0.2) is 26.0 Å². The molecule has 6 nitrogen and oxygen atoms in total. The molecule has 0 saturated carbocycles. The van der Waals surface area contributed by atoms with Crippen molar-refractivity contribution >= 4 is 17.9 Å². The SMILES string of the molecule is CNC(=O)/C(=C/c1ccco1)NC(=O)c1ccc(OC)cc1. The van der Waals surface area contributed by atoms with Gasteiger partial charge in [0.15, 0.2) is 0 Å². The van der Waals surface area contributed by atoms with E-state index in [0.717, 1.165) is 0 Å². The van der Waals surface area contributed by atoms with E-state index in [1.54, 1.807) is 43.5 Å². The van der Waals surface area contributed by atoms with Crippen molar-refractivity contribution in [1.82, 2.24) is 10.6 Å². The maximum Gasteiger partial charge on any atom is 0.267 e. The van der Waals surface area contributed by atoms with E-state index in [2.05, 4.69) is 10.6 Å². The van der Waals surface area contributed by atoms with Gasteiger partial charge in [-0.15, -0.1) is 0 Å². The van der Waals surface area contributed by atoms with E-state index in [-0.39, 0.29) is 5.70 Å². The van der Waals surface area contributed by atoms with Gasteiger partial charge in [-0.25, -0.2) is 0 Å². The monoisotopic (exact) mass is 300 g/mol. The van der Waals surface area contributed by atoms with Gasteiger partial charge in [0.2, 0.25) is 0 Å². The molecule has 6 heteroatoms. The fourth-order valence-electron chi connectivity index (χ4n) is 1.75. The first-order valence-corrected chi connectivity index (χ1v) is 6.56. The van der Waals surface area contributed by atoms with Gasteiger partial charge in [-0.05, 0) is 36.4 Å². The fourth-order valence-corrected chi connectivity index (χ4v) is 1.75. The van der Waals surface area contributed by atoms with Gasteiger partial charge in [0.25, 0.3) is 11.8 Å². The molecule has 0 bridgehead atoms. The molecule has 0 atom stereocenters. The van der Waals surface area contributed by atoms with Crippen LogP contribution in [0, 0.1) is 0 Å². The number of rotatable bonds is 5. The molecule has 0 saturated heterocycles.